The van der Waals surface area contributed by atoms with E-state index in [2.05, 4.69) is 10.1 Å². The number of nitrogens with two attached hydrogens (primary N) is 1. The molecule has 0 aliphatic heterocycles. The van der Waals surface area contributed by atoms with Gasteiger partial charge in [0.05, 0.1) is 6.20 Å². The number of aryl methyl sites for hydroxylation is 1. The van der Waals surface area contributed by atoms with E-state index in [1.807, 2.05) is 12.4 Å². The summed E-state index contributed by atoms with van der Waals surface area (Å²) in [5.74, 6) is -0.632. The highest BCUT2D eigenvalue weighted by molar-refractivity contribution is 5.95. The lowest BCUT2D eigenvalue weighted by Crippen LogP contribution is -2.13. The molecule has 0 bridgehead atoms. The van der Waals surface area contributed by atoms with Crippen molar-refractivity contribution >= 4 is 16.8 Å². The molecule has 1 amide bonds. The fourth-order valence-corrected chi connectivity index (χ4v) is 2.19. The van der Waals surface area contributed by atoms with Crippen molar-refractivity contribution < 1.29 is 9.18 Å². The number of primary amides is 1. The van der Waals surface area contributed by atoms with Crippen LogP contribution in [0, 0.1) is 5.82 Å². The highest BCUT2D eigenvalue weighted by Gasteiger charge is 2.09. The molecule has 2 aromatic heterocycles. The van der Waals surface area contributed by atoms with Gasteiger partial charge < -0.3 is 10.7 Å². The number of carbonyl (C=O) groups is 1. The van der Waals surface area contributed by atoms with Gasteiger partial charge in [-0.1, -0.05) is 7.43 Å². The fraction of sp³-hybridized carbons (Fsp3) is 0.200. The molecule has 0 aliphatic carbocycles. The molecule has 0 fully saturated rings. The SMILES string of the molecule is C.NC(=O)CCn1cc(-c2c[nH]c3cc(F)ccc23)cn1. The minimum Gasteiger partial charge on any atom is -0.370 e. The number of amides is 1. The lowest BCUT2D eigenvalue weighted by molar-refractivity contribution is -0.118. The molecule has 21 heavy (non-hydrogen) atoms. The standard InChI is InChI=1S/C14H13FN4O.CH4/c15-10-1-2-11-12(7-17-13(11)5-10)9-6-18-19(8-9)4-3-14(16)20;/h1-2,5-8,17H,3-4H2,(H2,16,20);1H4. The number of halogens is 1. The number of H-pyrrole nitrogens is 1. The summed E-state index contributed by atoms with van der Waals surface area (Å²) < 4.78 is 14.8. The normalized spacial score (nSPS) is 10.5. The van der Waals surface area contributed by atoms with Crippen LogP contribution in [0.1, 0.15) is 13.8 Å². The number of carbonyl (C=O) groups excluding carboxylic acids is 1. The summed E-state index contributed by atoms with van der Waals surface area (Å²) in [6.07, 6.45) is 5.63. The molecule has 0 saturated carbocycles. The van der Waals surface area contributed by atoms with Crippen molar-refractivity contribution in [3.63, 3.8) is 0 Å². The van der Waals surface area contributed by atoms with Gasteiger partial charge in [0.25, 0.3) is 0 Å². The summed E-state index contributed by atoms with van der Waals surface area (Å²) >= 11 is 0. The Morgan fingerprint density at radius 2 is 2.24 bits per heavy atom. The number of aromatic nitrogens is 3. The van der Waals surface area contributed by atoms with E-state index in [1.54, 1.807) is 16.9 Å². The van der Waals surface area contributed by atoms with E-state index in [4.69, 9.17) is 5.73 Å². The van der Waals surface area contributed by atoms with Crippen LogP contribution in [0.2, 0.25) is 0 Å². The lowest BCUT2D eigenvalue weighted by Gasteiger charge is -1.97. The predicted molar refractivity (Wildman–Crippen MR) is 80.0 cm³/mol. The molecule has 0 spiro atoms. The van der Waals surface area contributed by atoms with Crippen LogP contribution in [0.5, 0.6) is 0 Å². The maximum absolute atomic E-state index is 13.1. The smallest absolute Gasteiger partial charge is 0.219 e. The van der Waals surface area contributed by atoms with Crippen LogP contribution >= 0.6 is 0 Å². The molecule has 2 heterocycles. The van der Waals surface area contributed by atoms with Crippen molar-refractivity contribution in [2.45, 2.75) is 20.4 Å². The molecule has 3 aromatic rings. The fourth-order valence-electron chi connectivity index (χ4n) is 2.19. The number of nitrogens with zero attached hydrogens (tertiary/aromatic N) is 2. The summed E-state index contributed by atoms with van der Waals surface area (Å²) in [5, 5.41) is 5.12. The van der Waals surface area contributed by atoms with Crippen LogP contribution in [0.15, 0.2) is 36.8 Å². The first kappa shape index (κ1) is 14.8. The Morgan fingerprint density at radius 1 is 1.43 bits per heavy atom. The number of rotatable bonds is 4. The Labute approximate surface area is 121 Å². The maximum Gasteiger partial charge on any atom is 0.219 e. The molecule has 0 unspecified atom stereocenters. The highest BCUT2D eigenvalue weighted by Crippen LogP contribution is 2.28. The monoisotopic (exact) mass is 288 g/mol. The predicted octanol–water partition coefficient (Wildman–Crippen LogP) is 2.68. The average Bonchev–Trinajstić information content (AvgIpc) is 3.01. The summed E-state index contributed by atoms with van der Waals surface area (Å²) in [6.45, 7) is 0.451. The zero-order valence-electron chi connectivity index (χ0n) is 10.6. The van der Waals surface area contributed by atoms with Gasteiger partial charge in [0, 0.05) is 47.4 Å². The number of fused-ring (bicyclic) bond motifs is 1. The van der Waals surface area contributed by atoms with Crippen molar-refractivity contribution in [2.75, 3.05) is 0 Å². The van der Waals surface area contributed by atoms with Gasteiger partial charge in [0.15, 0.2) is 0 Å². The minimum absolute atomic E-state index is 0. The zero-order chi connectivity index (χ0) is 14.1. The van der Waals surface area contributed by atoms with Crippen molar-refractivity contribution in [3.05, 3.63) is 42.6 Å². The number of nitrogens with one attached hydrogen (secondary N) is 1. The number of hydrogen-bond donors (Lipinski definition) is 2. The Kier molecular flexibility index (Phi) is 4.07. The third kappa shape index (κ3) is 2.94. The van der Waals surface area contributed by atoms with Gasteiger partial charge in [-0.25, -0.2) is 4.39 Å². The van der Waals surface area contributed by atoms with Crippen LogP contribution in [-0.4, -0.2) is 20.7 Å². The van der Waals surface area contributed by atoms with Crippen LogP contribution in [-0.2, 0) is 11.3 Å². The summed E-state index contributed by atoms with van der Waals surface area (Å²) in [5.41, 5.74) is 7.71. The Hall–Kier alpha value is -2.63. The lowest BCUT2D eigenvalue weighted by atomic mass is 10.1. The molecule has 1 aromatic carbocycles. The number of hydrogen-bond acceptors (Lipinski definition) is 2. The molecule has 5 nitrogen and oxygen atoms in total. The largest absolute Gasteiger partial charge is 0.370 e. The summed E-state index contributed by atoms with van der Waals surface area (Å²) in [6, 6.07) is 4.62. The van der Waals surface area contributed by atoms with Gasteiger partial charge in [-0.15, -0.1) is 0 Å². The molecule has 0 saturated heterocycles. The first-order valence-corrected chi connectivity index (χ1v) is 6.21. The molecule has 110 valence electrons. The van der Waals surface area contributed by atoms with Gasteiger partial charge >= 0.3 is 0 Å². The molecular formula is C15H17FN4O. The van der Waals surface area contributed by atoms with Crippen LogP contribution < -0.4 is 5.73 Å². The summed E-state index contributed by atoms with van der Waals surface area (Å²) in [7, 11) is 0. The molecule has 3 rings (SSSR count). The van der Waals surface area contributed by atoms with E-state index in [0.29, 0.717) is 6.54 Å². The zero-order valence-corrected chi connectivity index (χ0v) is 10.6. The first-order chi connectivity index (χ1) is 9.63. The van der Waals surface area contributed by atoms with E-state index in [0.717, 1.165) is 22.0 Å². The van der Waals surface area contributed by atoms with Crippen molar-refractivity contribution in [3.8, 4) is 11.1 Å². The third-order valence-electron chi connectivity index (χ3n) is 3.18. The van der Waals surface area contributed by atoms with E-state index in [1.165, 1.54) is 12.1 Å². The Balaban J connectivity index is 0.00000161. The molecule has 0 aliphatic rings. The van der Waals surface area contributed by atoms with Gasteiger partial charge in [-0.3, -0.25) is 9.48 Å². The third-order valence-corrected chi connectivity index (χ3v) is 3.18. The number of aromatic amines is 1. The van der Waals surface area contributed by atoms with E-state index in [9.17, 15) is 9.18 Å². The van der Waals surface area contributed by atoms with Crippen molar-refractivity contribution in [1.82, 2.24) is 14.8 Å². The minimum atomic E-state index is -0.357. The molecule has 0 radical (unpaired) electrons. The average molecular weight is 288 g/mol. The van der Waals surface area contributed by atoms with E-state index < -0.39 is 0 Å². The van der Waals surface area contributed by atoms with E-state index >= 15 is 0 Å². The van der Waals surface area contributed by atoms with Gasteiger partial charge in [-0.05, 0) is 18.2 Å². The van der Waals surface area contributed by atoms with E-state index in [-0.39, 0.29) is 25.6 Å². The quantitative estimate of drug-likeness (QED) is 0.774. The van der Waals surface area contributed by atoms with Gasteiger partial charge in [-0.2, -0.15) is 5.10 Å². The topological polar surface area (TPSA) is 76.7 Å². The van der Waals surface area contributed by atoms with Crippen molar-refractivity contribution in [2.24, 2.45) is 5.73 Å². The highest BCUT2D eigenvalue weighted by atomic mass is 19.1. The molecule has 0 atom stereocenters. The van der Waals surface area contributed by atoms with Crippen LogP contribution in [0.25, 0.3) is 22.0 Å². The summed E-state index contributed by atoms with van der Waals surface area (Å²) in [4.78, 5) is 13.8. The molecule has 3 N–H and O–H groups in total. The van der Waals surface area contributed by atoms with Gasteiger partial charge in [0.1, 0.15) is 5.82 Å². The Bertz CT molecular complexity index is 775. The maximum atomic E-state index is 13.1. The second-order valence-electron chi connectivity index (χ2n) is 4.60. The first-order valence-electron chi connectivity index (χ1n) is 6.21. The van der Waals surface area contributed by atoms with Gasteiger partial charge in [0.2, 0.25) is 5.91 Å². The number of benzene rings is 1. The van der Waals surface area contributed by atoms with Crippen molar-refractivity contribution in [1.29, 1.82) is 0 Å². The second kappa shape index (κ2) is 5.78. The molecular weight excluding hydrogens is 271 g/mol. The second-order valence-corrected chi connectivity index (χ2v) is 4.60. The Morgan fingerprint density at radius 3 is 3.00 bits per heavy atom. The van der Waals surface area contributed by atoms with Crippen LogP contribution in [0.4, 0.5) is 4.39 Å². The van der Waals surface area contributed by atoms with Crippen LogP contribution in [0.3, 0.4) is 0 Å². The molecule has 6 heteroatoms.